The van der Waals surface area contributed by atoms with Crippen LogP contribution in [0.2, 0.25) is 0 Å². The number of likely N-dealkylation sites (N-methyl/N-ethyl adjacent to an activating group) is 1. The van der Waals surface area contributed by atoms with Gasteiger partial charge in [-0.05, 0) is 62.0 Å². The molecule has 46 heavy (non-hydrogen) atoms. The van der Waals surface area contributed by atoms with Gasteiger partial charge in [0.1, 0.15) is 23.4 Å². The minimum absolute atomic E-state index is 0.00842. The van der Waals surface area contributed by atoms with E-state index in [1.165, 1.54) is 12.5 Å². The second-order valence-corrected chi connectivity index (χ2v) is 13.6. The fourth-order valence-corrected chi connectivity index (χ4v) is 6.45. The lowest BCUT2D eigenvalue weighted by Gasteiger charge is -2.34. The van der Waals surface area contributed by atoms with E-state index in [1.54, 1.807) is 34.7 Å². The average molecular weight is 648 g/mol. The molecule has 0 fully saturated rings. The van der Waals surface area contributed by atoms with Gasteiger partial charge in [-0.1, -0.05) is 37.3 Å². The molecule has 0 bridgehead atoms. The van der Waals surface area contributed by atoms with Crippen LogP contribution in [0, 0.1) is 5.92 Å². The van der Waals surface area contributed by atoms with Crippen LogP contribution in [0.15, 0.2) is 90.3 Å². The van der Waals surface area contributed by atoms with Crippen LogP contribution in [-0.4, -0.2) is 77.7 Å². The summed E-state index contributed by atoms with van der Waals surface area (Å²) >= 11 is 0. The topological polar surface area (TPSA) is 126 Å². The second-order valence-electron chi connectivity index (χ2n) is 11.9. The normalized spacial score (nSPS) is 17.8. The lowest BCUT2D eigenvalue weighted by atomic mass is 10.0. The van der Waals surface area contributed by atoms with E-state index in [-0.39, 0.29) is 36.0 Å². The van der Waals surface area contributed by atoms with Crippen LogP contribution in [0.3, 0.4) is 0 Å². The van der Waals surface area contributed by atoms with Gasteiger partial charge in [0.25, 0.3) is 10.0 Å². The molecule has 2 heterocycles. The van der Waals surface area contributed by atoms with E-state index in [9.17, 15) is 18.3 Å². The number of hydrogen-bond donors (Lipinski definition) is 2. The van der Waals surface area contributed by atoms with Gasteiger partial charge in [-0.25, -0.2) is 4.98 Å². The summed E-state index contributed by atoms with van der Waals surface area (Å²) in [6.45, 7) is 5.30. The van der Waals surface area contributed by atoms with Crippen LogP contribution in [0.4, 0.5) is 5.69 Å². The molecule has 1 aromatic heterocycles. The first kappa shape index (κ1) is 33.0. The molecular weight excluding hydrogens is 606 g/mol. The predicted octanol–water partition coefficient (Wildman–Crippen LogP) is 4.29. The molecule has 1 aliphatic heterocycles. The lowest BCUT2D eigenvalue weighted by molar-refractivity contribution is -0.134. The fraction of sp³-hybridized carbons (Fsp3) is 0.353. The Balaban J connectivity index is 1.34. The molecule has 244 valence electrons. The Bertz CT molecular complexity index is 1730. The van der Waals surface area contributed by atoms with Crippen LogP contribution in [0.1, 0.15) is 25.0 Å². The van der Waals surface area contributed by atoms with Crippen LogP contribution in [0.25, 0.3) is 0 Å². The number of fused-ring (bicyclic) bond motifs is 1. The van der Waals surface area contributed by atoms with Crippen molar-refractivity contribution in [1.29, 1.82) is 0 Å². The van der Waals surface area contributed by atoms with Gasteiger partial charge in [0, 0.05) is 50.0 Å². The lowest BCUT2D eigenvalue weighted by Crippen LogP contribution is -2.47. The number of aliphatic hydroxyl groups is 1. The third kappa shape index (κ3) is 8.25. The molecule has 0 saturated carbocycles. The first-order valence-electron chi connectivity index (χ1n) is 15.2. The van der Waals surface area contributed by atoms with Crippen LogP contribution in [0.5, 0.6) is 17.2 Å². The van der Waals surface area contributed by atoms with Gasteiger partial charge in [-0.3, -0.25) is 14.4 Å². The van der Waals surface area contributed by atoms with E-state index >= 15 is 0 Å². The maximum atomic E-state index is 13.5. The molecule has 12 heteroatoms. The summed E-state index contributed by atoms with van der Waals surface area (Å²) in [4.78, 5) is 21.4. The van der Waals surface area contributed by atoms with Crippen molar-refractivity contribution in [2.24, 2.45) is 13.0 Å². The van der Waals surface area contributed by atoms with Gasteiger partial charge in [-0.2, -0.15) is 8.42 Å². The number of nitrogens with one attached hydrogen (secondary N) is 1. The Morgan fingerprint density at radius 1 is 1.11 bits per heavy atom. The van der Waals surface area contributed by atoms with E-state index < -0.39 is 16.1 Å². The zero-order valence-corrected chi connectivity index (χ0v) is 27.4. The number of aliphatic hydroxyl groups excluding tert-OH is 1. The Hall–Kier alpha value is -4.39. The highest BCUT2D eigenvalue weighted by molar-refractivity contribution is 7.92. The van der Waals surface area contributed by atoms with E-state index in [0.29, 0.717) is 36.6 Å². The first-order chi connectivity index (χ1) is 22.0. The number of sulfonamides is 1. The summed E-state index contributed by atoms with van der Waals surface area (Å²) in [7, 11) is -0.224. The molecule has 0 saturated heterocycles. The van der Waals surface area contributed by atoms with Gasteiger partial charge in [0.2, 0.25) is 5.91 Å². The van der Waals surface area contributed by atoms with Crippen LogP contribution < -0.4 is 14.2 Å². The third-order valence-corrected chi connectivity index (χ3v) is 9.24. The van der Waals surface area contributed by atoms with Crippen LogP contribution in [-0.2, 0) is 34.8 Å². The van der Waals surface area contributed by atoms with Crippen molar-refractivity contribution in [3.8, 4) is 17.2 Å². The highest BCUT2D eigenvalue weighted by Crippen LogP contribution is 2.30. The Morgan fingerprint density at radius 3 is 2.50 bits per heavy atom. The number of carbonyl (C=O) groups excluding carboxylic acids is 1. The van der Waals surface area contributed by atoms with Crippen molar-refractivity contribution >= 4 is 21.6 Å². The molecule has 0 spiro atoms. The largest absolute Gasteiger partial charge is 0.488 e. The number of hydrogen-bond acceptors (Lipinski definition) is 8. The van der Waals surface area contributed by atoms with Gasteiger partial charge in [0.05, 0.1) is 25.4 Å². The number of amides is 1. The van der Waals surface area contributed by atoms with Gasteiger partial charge in [0.15, 0.2) is 5.03 Å². The maximum Gasteiger partial charge on any atom is 0.280 e. The minimum atomic E-state index is -3.93. The van der Waals surface area contributed by atoms with Gasteiger partial charge >= 0.3 is 0 Å². The van der Waals surface area contributed by atoms with Gasteiger partial charge in [-0.15, -0.1) is 0 Å². The second kappa shape index (κ2) is 14.4. The highest BCUT2D eigenvalue weighted by Gasteiger charge is 2.31. The number of nitrogens with zero attached hydrogens (tertiary/aromatic N) is 4. The number of anilines is 1. The van der Waals surface area contributed by atoms with Crippen molar-refractivity contribution in [3.05, 3.63) is 96.4 Å². The predicted molar refractivity (Wildman–Crippen MR) is 175 cm³/mol. The number of rotatable bonds is 11. The molecule has 2 N–H and O–H groups in total. The number of aryl methyl sites for hydroxylation is 1. The van der Waals surface area contributed by atoms with E-state index in [0.717, 1.165) is 17.1 Å². The zero-order valence-electron chi connectivity index (χ0n) is 26.5. The number of ether oxygens (including phenoxy) is 2. The number of para-hydroxylation sites is 1. The Labute approximate surface area is 270 Å². The summed E-state index contributed by atoms with van der Waals surface area (Å²) in [6, 6.07) is 22.2. The number of aromatic nitrogens is 2. The molecule has 3 aromatic carbocycles. The summed E-state index contributed by atoms with van der Waals surface area (Å²) in [6.07, 6.45) is 2.51. The van der Waals surface area contributed by atoms with E-state index in [1.807, 2.05) is 75.5 Å². The molecule has 5 rings (SSSR count). The zero-order chi connectivity index (χ0) is 32.8. The SMILES string of the molecule is C[C@H]1CN([C@@H](C)CO)C(=O)Cc2cc(NS(=O)(=O)c3cn(C)cn3)ccc2O[C@@H]1CN(C)Cc1ccc(Oc2ccccc2)cc1. The van der Waals surface area contributed by atoms with Crippen LogP contribution >= 0.6 is 0 Å². The Kier molecular flexibility index (Phi) is 10.3. The summed E-state index contributed by atoms with van der Waals surface area (Å²) in [5.41, 5.74) is 1.95. The molecule has 4 aromatic rings. The molecule has 11 nitrogen and oxygen atoms in total. The molecular formula is C34H41N5O6S. The highest BCUT2D eigenvalue weighted by atomic mass is 32.2. The molecule has 3 atom stereocenters. The summed E-state index contributed by atoms with van der Waals surface area (Å²) < 4.78 is 42.5. The number of imidazole rings is 1. The van der Waals surface area contributed by atoms with Crippen molar-refractivity contribution < 1.29 is 27.8 Å². The number of carbonyl (C=O) groups is 1. The maximum absolute atomic E-state index is 13.5. The molecule has 1 aliphatic rings. The molecule has 1 amide bonds. The quantitative estimate of drug-likeness (QED) is 0.247. The molecule has 0 aliphatic carbocycles. The number of benzene rings is 3. The average Bonchev–Trinajstić information content (AvgIpc) is 3.49. The van der Waals surface area contributed by atoms with Crippen molar-refractivity contribution in [1.82, 2.24) is 19.4 Å². The van der Waals surface area contributed by atoms with Crippen molar-refractivity contribution in [3.63, 3.8) is 0 Å². The smallest absolute Gasteiger partial charge is 0.280 e. The monoisotopic (exact) mass is 647 g/mol. The molecule has 0 radical (unpaired) electrons. The fourth-order valence-electron chi connectivity index (χ4n) is 5.42. The van der Waals surface area contributed by atoms with Crippen molar-refractivity contribution in [2.45, 2.75) is 44.0 Å². The minimum Gasteiger partial charge on any atom is -0.488 e. The summed E-state index contributed by atoms with van der Waals surface area (Å²) in [5, 5.41) is 9.84. The third-order valence-electron chi connectivity index (χ3n) is 7.97. The Morgan fingerprint density at radius 2 is 1.83 bits per heavy atom. The molecule has 0 unspecified atom stereocenters. The first-order valence-corrected chi connectivity index (χ1v) is 16.7. The van der Waals surface area contributed by atoms with Gasteiger partial charge < -0.3 is 24.0 Å². The van der Waals surface area contributed by atoms with Crippen molar-refractivity contribution in [2.75, 3.05) is 31.5 Å². The van der Waals surface area contributed by atoms with E-state index in [2.05, 4.69) is 14.6 Å². The standard InChI is InChI=1S/C34H41N5O6S/c1-24-18-39(25(2)22-40)34(41)17-27-16-28(36-46(42,43)33-21-38(4)23-35-33)12-15-31(27)45-32(24)20-37(3)19-26-10-13-30(14-11-26)44-29-8-6-5-7-9-29/h5-16,21,23-25,32,36,40H,17-20,22H2,1-4H3/t24-,25-,32+/m0/s1. The van der Waals surface area contributed by atoms with E-state index in [4.69, 9.17) is 9.47 Å². The summed E-state index contributed by atoms with van der Waals surface area (Å²) in [5.74, 6) is 1.80.